The van der Waals surface area contributed by atoms with Crippen molar-refractivity contribution >= 4 is 17.7 Å². The fourth-order valence-corrected chi connectivity index (χ4v) is 3.24. The van der Waals surface area contributed by atoms with E-state index in [1.807, 2.05) is 4.90 Å². The molecule has 21 heavy (non-hydrogen) atoms. The molecule has 0 spiro atoms. The van der Waals surface area contributed by atoms with Gasteiger partial charge in [0.15, 0.2) is 0 Å². The van der Waals surface area contributed by atoms with Crippen molar-refractivity contribution in [2.45, 2.75) is 45.4 Å². The summed E-state index contributed by atoms with van der Waals surface area (Å²) in [6, 6.07) is 8.66. The van der Waals surface area contributed by atoms with Crippen molar-refractivity contribution in [3.05, 3.63) is 35.4 Å². The Kier molecular flexibility index (Phi) is 8.47. The van der Waals surface area contributed by atoms with Gasteiger partial charge in [-0.3, -0.25) is 4.79 Å². The summed E-state index contributed by atoms with van der Waals surface area (Å²) in [5.74, 6) is 1.46. The third kappa shape index (κ3) is 6.10. The first kappa shape index (κ1) is 18.1. The van der Waals surface area contributed by atoms with Gasteiger partial charge in [-0.15, -0.1) is 11.8 Å². The van der Waals surface area contributed by atoms with Crippen LogP contribution in [0.4, 0.5) is 0 Å². The summed E-state index contributed by atoms with van der Waals surface area (Å²) in [4.78, 5) is 14.2. The number of aliphatic hydroxyl groups excluding tert-OH is 1. The van der Waals surface area contributed by atoms with E-state index in [1.165, 1.54) is 11.1 Å². The number of hydrogen-bond acceptors (Lipinski definition) is 3. The Bertz CT molecular complexity index is 415. The van der Waals surface area contributed by atoms with E-state index in [0.29, 0.717) is 12.3 Å². The molecule has 0 fully saturated rings. The Hall–Kier alpha value is -1.00. The Labute approximate surface area is 132 Å². The van der Waals surface area contributed by atoms with Crippen molar-refractivity contribution in [1.82, 2.24) is 4.90 Å². The highest BCUT2D eigenvalue weighted by Gasteiger charge is 2.20. The third-order valence-electron chi connectivity index (χ3n) is 3.66. The van der Waals surface area contributed by atoms with Crippen LogP contribution in [0.5, 0.6) is 0 Å². The van der Waals surface area contributed by atoms with Crippen LogP contribution in [0.25, 0.3) is 0 Å². The molecule has 3 nitrogen and oxygen atoms in total. The van der Waals surface area contributed by atoms with Gasteiger partial charge in [0, 0.05) is 18.3 Å². The molecule has 1 aromatic carbocycles. The van der Waals surface area contributed by atoms with E-state index in [9.17, 15) is 4.79 Å². The Balaban J connectivity index is 2.47. The van der Waals surface area contributed by atoms with Crippen LogP contribution in [0.2, 0.25) is 0 Å². The first-order valence-electron chi connectivity index (χ1n) is 7.65. The molecular formula is C17H27NO2S. The van der Waals surface area contributed by atoms with Crippen molar-refractivity contribution in [3.8, 4) is 0 Å². The SMILES string of the molecule is CCC(CC)N(CCO)C(=O)CSCc1ccc(C)cc1. The fourth-order valence-electron chi connectivity index (χ4n) is 2.37. The summed E-state index contributed by atoms with van der Waals surface area (Å²) >= 11 is 1.64. The average Bonchev–Trinajstić information content (AvgIpc) is 2.49. The van der Waals surface area contributed by atoms with Crippen molar-refractivity contribution in [3.63, 3.8) is 0 Å². The minimum Gasteiger partial charge on any atom is -0.395 e. The highest BCUT2D eigenvalue weighted by molar-refractivity contribution is 7.99. The summed E-state index contributed by atoms with van der Waals surface area (Å²) in [6.45, 7) is 6.72. The molecule has 0 atom stereocenters. The molecule has 0 heterocycles. The van der Waals surface area contributed by atoms with E-state index in [2.05, 4.69) is 45.0 Å². The molecule has 118 valence electrons. The molecule has 0 aliphatic heterocycles. The van der Waals surface area contributed by atoms with Gasteiger partial charge in [0.1, 0.15) is 0 Å². The predicted molar refractivity (Wildman–Crippen MR) is 90.5 cm³/mol. The zero-order chi connectivity index (χ0) is 15.7. The smallest absolute Gasteiger partial charge is 0.232 e. The Morgan fingerprint density at radius 3 is 2.38 bits per heavy atom. The molecule has 0 aliphatic rings. The van der Waals surface area contributed by atoms with E-state index >= 15 is 0 Å². The van der Waals surface area contributed by atoms with Gasteiger partial charge in [-0.25, -0.2) is 0 Å². The molecule has 0 unspecified atom stereocenters. The van der Waals surface area contributed by atoms with E-state index in [0.717, 1.165) is 18.6 Å². The van der Waals surface area contributed by atoms with Crippen LogP contribution >= 0.6 is 11.8 Å². The predicted octanol–water partition coefficient (Wildman–Crippen LogP) is 3.24. The molecule has 1 amide bonds. The van der Waals surface area contributed by atoms with Crippen LogP contribution in [0.3, 0.4) is 0 Å². The first-order chi connectivity index (χ1) is 10.1. The highest BCUT2D eigenvalue weighted by Crippen LogP contribution is 2.16. The van der Waals surface area contributed by atoms with Crippen LogP contribution in [0, 0.1) is 6.92 Å². The van der Waals surface area contributed by atoms with E-state index in [-0.39, 0.29) is 18.6 Å². The van der Waals surface area contributed by atoms with Crippen molar-refractivity contribution in [1.29, 1.82) is 0 Å². The maximum atomic E-state index is 12.3. The first-order valence-corrected chi connectivity index (χ1v) is 8.81. The lowest BCUT2D eigenvalue weighted by atomic mass is 10.1. The van der Waals surface area contributed by atoms with Gasteiger partial charge in [0.25, 0.3) is 0 Å². The second kappa shape index (κ2) is 9.85. The molecule has 1 rings (SSSR count). The molecule has 0 bridgehead atoms. The molecule has 0 aliphatic carbocycles. The van der Waals surface area contributed by atoms with Crippen LogP contribution < -0.4 is 0 Å². The van der Waals surface area contributed by atoms with Gasteiger partial charge in [-0.1, -0.05) is 43.7 Å². The number of aliphatic hydroxyl groups is 1. The van der Waals surface area contributed by atoms with Gasteiger partial charge >= 0.3 is 0 Å². The topological polar surface area (TPSA) is 40.5 Å². The lowest BCUT2D eigenvalue weighted by Gasteiger charge is -2.30. The minimum atomic E-state index is 0.0326. The normalized spacial score (nSPS) is 10.9. The number of nitrogens with zero attached hydrogens (tertiary/aromatic N) is 1. The van der Waals surface area contributed by atoms with Gasteiger partial charge in [0.05, 0.1) is 12.4 Å². The third-order valence-corrected chi connectivity index (χ3v) is 4.65. The average molecular weight is 309 g/mol. The molecule has 0 saturated carbocycles. The second-order valence-corrected chi connectivity index (χ2v) is 6.25. The van der Waals surface area contributed by atoms with Crippen molar-refractivity contribution in [2.75, 3.05) is 18.9 Å². The Morgan fingerprint density at radius 1 is 1.24 bits per heavy atom. The zero-order valence-electron chi connectivity index (χ0n) is 13.3. The number of rotatable bonds is 9. The summed E-state index contributed by atoms with van der Waals surface area (Å²) in [6.07, 6.45) is 1.87. The van der Waals surface area contributed by atoms with Gasteiger partial charge in [-0.2, -0.15) is 0 Å². The second-order valence-electron chi connectivity index (χ2n) is 5.26. The summed E-state index contributed by atoms with van der Waals surface area (Å²) in [7, 11) is 0. The molecule has 0 aromatic heterocycles. The molecular weight excluding hydrogens is 282 g/mol. The van der Waals surface area contributed by atoms with Crippen molar-refractivity contribution < 1.29 is 9.90 Å². The molecule has 1 N–H and O–H groups in total. The van der Waals surface area contributed by atoms with Crippen LogP contribution in [-0.4, -0.2) is 40.9 Å². The zero-order valence-corrected chi connectivity index (χ0v) is 14.2. The lowest BCUT2D eigenvalue weighted by Crippen LogP contribution is -2.42. The maximum Gasteiger partial charge on any atom is 0.232 e. The monoisotopic (exact) mass is 309 g/mol. The number of aryl methyl sites for hydroxylation is 1. The minimum absolute atomic E-state index is 0.0326. The number of benzene rings is 1. The fraction of sp³-hybridized carbons (Fsp3) is 0.588. The molecule has 4 heteroatoms. The van der Waals surface area contributed by atoms with Gasteiger partial charge < -0.3 is 10.0 Å². The van der Waals surface area contributed by atoms with Crippen LogP contribution in [0.15, 0.2) is 24.3 Å². The van der Waals surface area contributed by atoms with Gasteiger partial charge in [-0.05, 0) is 25.3 Å². The standard InChI is InChI=1S/C17H27NO2S/c1-4-16(5-2)18(10-11-19)17(20)13-21-12-15-8-6-14(3)7-9-15/h6-9,16,19H,4-5,10-13H2,1-3H3. The van der Waals surface area contributed by atoms with Crippen molar-refractivity contribution in [2.24, 2.45) is 0 Å². The number of amides is 1. The summed E-state index contributed by atoms with van der Waals surface area (Å²) in [5.41, 5.74) is 2.50. The van der Waals surface area contributed by atoms with E-state index < -0.39 is 0 Å². The van der Waals surface area contributed by atoms with E-state index in [1.54, 1.807) is 11.8 Å². The van der Waals surface area contributed by atoms with Crippen LogP contribution in [-0.2, 0) is 10.5 Å². The lowest BCUT2D eigenvalue weighted by molar-refractivity contribution is -0.131. The molecule has 1 aromatic rings. The van der Waals surface area contributed by atoms with Gasteiger partial charge in [0.2, 0.25) is 5.91 Å². The highest BCUT2D eigenvalue weighted by atomic mass is 32.2. The quantitative estimate of drug-likeness (QED) is 0.761. The largest absolute Gasteiger partial charge is 0.395 e. The summed E-state index contributed by atoms with van der Waals surface area (Å²) < 4.78 is 0. The number of carbonyl (C=O) groups excluding carboxylic acids is 1. The Morgan fingerprint density at radius 2 is 1.86 bits per heavy atom. The van der Waals surface area contributed by atoms with Crippen LogP contribution in [0.1, 0.15) is 37.8 Å². The summed E-state index contributed by atoms with van der Waals surface area (Å²) in [5, 5.41) is 9.15. The van der Waals surface area contributed by atoms with E-state index in [4.69, 9.17) is 5.11 Å². The number of thioether (sulfide) groups is 1. The maximum absolute atomic E-state index is 12.3. The molecule has 0 radical (unpaired) electrons. The number of hydrogen-bond donors (Lipinski definition) is 1. The number of carbonyl (C=O) groups is 1. The molecule has 0 saturated heterocycles.